The Morgan fingerprint density at radius 2 is 2.08 bits per heavy atom. The van der Waals surface area contributed by atoms with Gasteiger partial charge >= 0.3 is 0 Å². The molecule has 0 bridgehead atoms. The summed E-state index contributed by atoms with van der Waals surface area (Å²) in [7, 11) is 0. The number of ether oxygens (including phenoxy) is 2. The standard InChI is InChI=1S/C18H17N5O3/c19-17-16(11-3-1-2-6-20-11)18-21-12(8-15(24)23(18)22-17)10-4-5-13-14(7-10)26-9-25-13/h1-8,16-18,21-22H,9,19H2. The van der Waals surface area contributed by atoms with E-state index in [9.17, 15) is 4.79 Å². The Bertz CT molecular complexity index is 901. The highest BCUT2D eigenvalue weighted by Crippen LogP contribution is 2.36. The fourth-order valence-electron chi connectivity index (χ4n) is 3.58. The molecule has 4 heterocycles. The Hall–Kier alpha value is -3.10. The number of hydrogen-bond acceptors (Lipinski definition) is 7. The van der Waals surface area contributed by atoms with Crippen LogP contribution in [0.2, 0.25) is 0 Å². The Balaban J connectivity index is 1.50. The summed E-state index contributed by atoms with van der Waals surface area (Å²) in [5, 5.41) is 4.95. The van der Waals surface area contributed by atoms with Crippen LogP contribution in [0.25, 0.3) is 5.70 Å². The van der Waals surface area contributed by atoms with Crippen LogP contribution in [0.5, 0.6) is 11.5 Å². The average molecular weight is 351 g/mol. The summed E-state index contributed by atoms with van der Waals surface area (Å²) in [5.74, 6) is 1.03. The number of amides is 1. The smallest absolute Gasteiger partial charge is 0.264 e. The third-order valence-corrected chi connectivity index (χ3v) is 4.81. The number of benzene rings is 1. The van der Waals surface area contributed by atoms with E-state index in [4.69, 9.17) is 15.2 Å². The van der Waals surface area contributed by atoms with Crippen molar-refractivity contribution in [3.05, 3.63) is 59.9 Å². The maximum atomic E-state index is 12.6. The lowest BCUT2D eigenvalue weighted by molar-refractivity contribution is -0.131. The highest BCUT2D eigenvalue weighted by atomic mass is 16.7. The SMILES string of the molecule is NC1NN2C(=O)C=C(c3ccc4c(c3)OCO4)NC2C1c1ccccn1. The molecule has 4 N–H and O–H groups in total. The van der Waals surface area contributed by atoms with Crippen molar-refractivity contribution >= 4 is 11.6 Å². The summed E-state index contributed by atoms with van der Waals surface area (Å²) >= 11 is 0. The van der Waals surface area contributed by atoms with Gasteiger partial charge in [0, 0.05) is 23.5 Å². The molecule has 2 aromatic rings. The van der Waals surface area contributed by atoms with Crippen molar-refractivity contribution in [3.8, 4) is 11.5 Å². The van der Waals surface area contributed by atoms with Crippen molar-refractivity contribution in [2.24, 2.45) is 5.73 Å². The molecular weight excluding hydrogens is 334 g/mol. The van der Waals surface area contributed by atoms with Crippen LogP contribution in [0.4, 0.5) is 0 Å². The molecule has 1 saturated heterocycles. The number of pyridine rings is 1. The van der Waals surface area contributed by atoms with Crippen molar-refractivity contribution in [1.29, 1.82) is 0 Å². The van der Waals surface area contributed by atoms with Crippen LogP contribution in [0.3, 0.4) is 0 Å². The summed E-state index contributed by atoms with van der Waals surface area (Å²) in [6, 6.07) is 11.3. The van der Waals surface area contributed by atoms with Crippen LogP contribution < -0.4 is 25.9 Å². The molecule has 3 aliphatic rings. The van der Waals surface area contributed by atoms with Crippen molar-refractivity contribution in [3.63, 3.8) is 0 Å². The molecule has 26 heavy (non-hydrogen) atoms. The van der Waals surface area contributed by atoms with Gasteiger partial charge in [-0.2, -0.15) is 0 Å². The number of nitrogens with two attached hydrogens (primary N) is 1. The summed E-state index contributed by atoms with van der Waals surface area (Å²) in [5.41, 5.74) is 11.7. The zero-order valence-corrected chi connectivity index (χ0v) is 13.8. The second-order valence-electron chi connectivity index (χ2n) is 6.36. The number of nitrogens with one attached hydrogen (secondary N) is 2. The lowest BCUT2D eigenvalue weighted by Crippen LogP contribution is -2.52. The minimum Gasteiger partial charge on any atom is -0.454 e. The maximum Gasteiger partial charge on any atom is 0.264 e. The van der Waals surface area contributed by atoms with E-state index in [0.29, 0.717) is 17.2 Å². The Morgan fingerprint density at radius 3 is 2.92 bits per heavy atom. The first-order chi connectivity index (χ1) is 12.7. The molecule has 1 amide bonds. The minimum atomic E-state index is -0.421. The predicted molar refractivity (Wildman–Crippen MR) is 92.4 cm³/mol. The van der Waals surface area contributed by atoms with Gasteiger partial charge in [-0.15, -0.1) is 0 Å². The number of nitrogens with zero attached hydrogens (tertiary/aromatic N) is 2. The Kier molecular flexibility index (Phi) is 3.34. The molecule has 8 heteroatoms. The van der Waals surface area contributed by atoms with Gasteiger partial charge in [-0.05, 0) is 30.3 Å². The second-order valence-corrected chi connectivity index (χ2v) is 6.36. The quantitative estimate of drug-likeness (QED) is 0.724. The van der Waals surface area contributed by atoms with E-state index in [-0.39, 0.29) is 24.8 Å². The number of rotatable bonds is 2. The van der Waals surface area contributed by atoms with Gasteiger partial charge in [0.15, 0.2) is 11.5 Å². The molecule has 132 valence electrons. The monoisotopic (exact) mass is 351 g/mol. The Morgan fingerprint density at radius 1 is 1.19 bits per heavy atom. The molecule has 0 spiro atoms. The summed E-state index contributed by atoms with van der Waals surface area (Å²) in [6.45, 7) is 0.209. The molecule has 3 aliphatic heterocycles. The molecular formula is C18H17N5O3. The van der Waals surface area contributed by atoms with Crippen molar-refractivity contribution in [2.45, 2.75) is 18.2 Å². The van der Waals surface area contributed by atoms with Crippen LogP contribution in [0, 0.1) is 0 Å². The number of carbonyl (C=O) groups is 1. The molecule has 3 atom stereocenters. The van der Waals surface area contributed by atoms with E-state index in [1.165, 1.54) is 5.01 Å². The average Bonchev–Trinajstić information content (AvgIpc) is 3.25. The first kappa shape index (κ1) is 15.2. The molecule has 0 radical (unpaired) electrons. The highest BCUT2D eigenvalue weighted by Gasteiger charge is 2.46. The molecule has 3 unspecified atom stereocenters. The Labute approximate surface area is 149 Å². The van der Waals surface area contributed by atoms with E-state index < -0.39 is 6.17 Å². The van der Waals surface area contributed by atoms with E-state index >= 15 is 0 Å². The van der Waals surface area contributed by atoms with Crippen LogP contribution in [-0.4, -0.2) is 35.0 Å². The number of aromatic nitrogens is 1. The first-order valence-electron chi connectivity index (χ1n) is 8.35. The van der Waals surface area contributed by atoms with Crippen LogP contribution >= 0.6 is 0 Å². The lowest BCUT2D eigenvalue weighted by Gasteiger charge is -2.32. The molecule has 8 nitrogen and oxygen atoms in total. The molecule has 0 aliphatic carbocycles. The summed E-state index contributed by atoms with van der Waals surface area (Å²) < 4.78 is 10.8. The number of hydrazine groups is 1. The van der Waals surface area contributed by atoms with Crippen molar-refractivity contribution in [1.82, 2.24) is 20.7 Å². The van der Waals surface area contributed by atoms with Crippen LogP contribution in [0.15, 0.2) is 48.7 Å². The van der Waals surface area contributed by atoms with Crippen molar-refractivity contribution < 1.29 is 14.3 Å². The summed E-state index contributed by atoms with van der Waals surface area (Å²) in [4.78, 5) is 17.0. The summed E-state index contributed by atoms with van der Waals surface area (Å²) in [6.07, 6.45) is 2.52. The van der Waals surface area contributed by atoms with E-state index in [1.54, 1.807) is 12.3 Å². The predicted octanol–water partition coefficient (Wildman–Crippen LogP) is 0.496. The van der Waals surface area contributed by atoms with E-state index in [1.807, 2.05) is 36.4 Å². The molecule has 0 saturated carbocycles. The third-order valence-electron chi connectivity index (χ3n) is 4.81. The van der Waals surface area contributed by atoms with Crippen LogP contribution in [0.1, 0.15) is 17.2 Å². The molecule has 5 rings (SSSR count). The van der Waals surface area contributed by atoms with E-state index in [0.717, 1.165) is 11.3 Å². The van der Waals surface area contributed by atoms with Gasteiger partial charge in [0.1, 0.15) is 6.17 Å². The van der Waals surface area contributed by atoms with Gasteiger partial charge in [0.2, 0.25) is 6.79 Å². The lowest BCUT2D eigenvalue weighted by atomic mass is 9.97. The number of fused-ring (bicyclic) bond motifs is 2. The highest BCUT2D eigenvalue weighted by molar-refractivity contribution is 5.97. The van der Waals surface area contributed by atoms with E-state index in [2.05, 4.69) is 15.7 Å². The fraction of sp³-hybridized carbons (Fsp3) is 0.222. The zero-order chi connectivity index (χ0) is 17.7. The fourth-order valence-corrected chi connectivity index (χ4v) is 3.58. The third kappa shape index (κ3) is 2.31. The molecule has 1 fully saturated rings. The number of hydrogen-bond donors (Lipinski definition) is 3. The minimum absolute atomic E-state index is 0.157. The molecule has 1 aromatic heterocycles. The maximum absolute atomic E-state index is 12.6. The largest absolute Gasteiger partial charge is 0.454 e. The topological polar surface area (TPSA) is 102 Å². The van der Waals surface area contributed by atoms with Gasteiger partial charge < -0.3 is 20.5 Å². The van der Waals surface area contributed by atoms with Crippen LogP contribution in [-0.2, 0) is 4.79 Å². The first-order valence-corrected chi connectivity index (χ1v) is 8.35. The molecule has 1 aromatic carbocycles. The number of carbonyl (C=O) groups excluding carboxylic acids is 1. The second kappa shape index (κ2) is 5.72. The van der Waals surface area contributed by atoms with Gasteiger partial charge in [-0.3, -0.25) is 9.78 Å². The van der Waals surface area contributed by atoms with Crippen molar-refractivity contribution in [2.75, 3.05) is 6.79 Å². The van der Waals surface area contributed by atoms with Gasteiger partial charge in [-0.25, -0.2) is 10.4 Å². The zero-order valence-electron chi connectivity index (χ0n) is 13.8. The van der Waals surface area contributed by atoms with Gasteiger partial charge in [-0.1, -0.05) is 6.07 Å². The van der Waals surface area contributed by atoms with Gasteiger partial charge in [0.05, 0.1) is 17.8 Å². The van der Waals surface area contributed by atoms with Gasteiger partial charge in [0.25, 0.3) is 5.91 Å². The normalized spacial score (nSPS) is 26.3.